The van der Waals surface area contributed by atoms with Gasteiger partial charge in [0.1, 0.15) is 0 Å². The molecule has 9 heavy (non-hydrogen) atoms. The minimum Gasteiger partial charge on any atom is -0.389 e. The zero-order chi connectivity index (χ0) is 7.28. The zero-order valence-electron chi connectivity index (χ0n) is 5.79. The molecule has 0 aliphatic rings. The van der Waals surface area contributed by atoms with Crippen molar-refractivity contribution >= 4 is 0 Å². The van der Waals surface area contributed by atoms with Crippen molar-refractivity contribution in [1.29, 1.82) is 0 Å². The van der Waals surface area contributed by atoms with E-state index in [1.54, 1.807) is 14.0 Å². The van der Waals surface area contributed by atoms with Gasteiger partial charge in [-0.3, -0.25) is 0 Å². The molecule has 2 nitrogen and oxygen atoms in total. The highest BCUT2D eigenvalue weighted by molar-refractivity contribution is 4.88. The summed E-state index contributed by atoms with van der Waals surface area (Å²) in [5.41, 5.74) is 0. The van der Waals surface area contributed by atoms with Crippen molar-refractivity contribution in [1.82, 2.24) is 0 Å². The van der Waals surface area contributed by atoms with Gasteiger partial charge in [0.05, 0.1) is 12.2 Å². The largest absolute Gasteiger partial charge is 0.389 e. The number of methoxy groups -OCH3 is 1. The summed E-state index contributed by atoms with van der Waals surface area (Å²) in [7, 11) is 1.55. The monoisotopic (exact) mass is 128 g/mol. The molecule has 0 radical (unpaired) electrons. The molecule has 0 spiro atoms. The summed E-state index contributed by atoms with van der Waals surface area (Å²) >= 11 is 0. The van der Waals surface area contributed by atoms with Crippen LogP contribution in [0.5, 0.6) is 0 Å². The summed E-state index contributed by atoms with van der Waals surface area (Å²) in [6.07, 6.45) is 4.62. The lowest BCUT2D eigenvalue weighted by Crippen LogP contribution is -2.23. The van der Waals surface area contributed by atoms with Crippen LogP contribution in [0.15, 0.2) is 0 Å². The fraction of sp³-hybridized carbons (Fsp3) is 0.714. The van der Waals surface area contributed by atoms with Gasteiger partial charge in [0.15, 0.2) is 0 Å². The van der Waals surface area contributed by atoms with E-state index in [1.165, 1.54) is 0 Å². The first-order valence-corrected chi connectivity index (χ1v) is 2.86. The molecule has 1 N–H and O–H groups in total. The second kappa shape index (κ2) is 4.37. The molecule has 0 heterocycles. The Balaban J connectivity index is 3.48. The molecule has 0 aliphatic heterocycles. The molecule has 0 saturated carbocycles. The minimum absolute atomic E-state index is 0.166. The van der Waals surface area contributed by atoms with E-state index in [-0.39, 0.29) is 6.10 Å². The first-order valence-electron chi connectivity index (χ1n) is 2.86. The van der Waals surface area contributed by atoms with E-state index in [4.69, 9.17) is 16.3 Å². The van der Waals surface area contributed by atoms with Gasteiger partial charge in [-0.15, -0.1) is 12.3 Å². The van der Waals surface area contributed by atoms with Crippen molar-refractivity contribution in [2.24, 2.45) is 0 Å². The highest BCUT2D eigenvalue weighted by atomic mass is 16.5. The van der Waals surface area contributed by atoms with E-state index >= 15 is 0 Å². The highest BCUT2D eigenvalue weighted by Gasteiger charge is 2.10. The number of ether oxygens (including phenoxy) is 1. The quantitative estimate of drug-likeness (QED) is 0.558. The van der Waals surface area contributed by atoms with Gasteiger partial charge in [0.25, 0.3) is 0 Å². The third-order valence-corrected chi connectivity index (χ3v) is 1.24. The average Bonchev–Trinajstić information content (AvgIpc) is 1.87. The first-order chi connectivity index (χ1) is 4.22. The molecule has 2 atom stereocenters. The predicted octanol–water partition coefficient (Wildman–Crippen LogP) is 0.405. The molecule has 0 amide bonds. The second-order valence-electron chi connectivity index (χ2n) is 1.92. The Labute approximate surface area is 55.8 Å². The number of terminal acetylenes is 1. The Hall–Kier alpha value is -0.520. The number of hydrogen-bond donors (Lipinski definition) is 1. The van der Waals surface area contributed by atoms with Gasteiger partial charge in [0, 0.05) is 13.5 Å². The first kappa shape index (κ1) is 8.48. The molecular formula is C7H12O2. The minimum atomic E-state index is -0.528. The van der Waals surface area contributed by atoms with Gasteiger partial charge in [-0.25, -0.2) is 0 Å². The maximum atomic E-state index is 9.05. The maximum Gasteiger partial charge on any atom is 0.0907 e. The number of hydrogen-bond acceptors (Lipinski definition) is 2. The Kier molecular flexibility index (Phi) is 4.12. The van der Waals surface area contributed by atoms with E-state index in [1.807, 2.05) is 0 Å². The van der Waals surface area contributed by atoms with Crippen LogP contribution in [0.4, 0.5) is 0 Å². The van der Waals surface area contributed by atoms with Gasteiger partial charge in [-0.05, 0) is 6.92 Å². The van der Waals surface area contributed by atoms with Gasteiger partial charge in [-0.1, -0.05) is 0 Å². The summed E-state index contributed by atoms with van der Waals surface area (Å²) in [5.74, 6) is 2.35. The van der Waals surface area contributed by atoms with E-state index < -0.39 is 6.10 Å². The van der Waals surface area contributed by atoms with Gasteiger partial charge in [0.2, 0.25) is 0 Å². The number of rotatable bonds is 3. The van der Waals surface area contributed by atoms with E-state index in [9.17, 15) is 0 Å². The van der Waals surface area contributed by atoms with Crippen molar-refractivity contribution in [2.45, 2.75) is 25.6 Å². The van der Waals surface area contributed by atoms with Crippen LogP contribution in [0.3, 0.4) is 0 Å². The number of aliphatic hydroxyl groups is 1. The van der Waals surface area contributed by atoms with E-state index in [0.29, 0.717) is 6.42 Å². The third-order valence-electron chi connectivity index (χ3n) is 1.24. The SMILES string of the molecule is C#CCC(O)C(C)OC. The van der Waals surface area contributed by atoms with Crippen LogP contribution in [-0.4, -0.2) is 24.4 Å². The highest BCUT2D eigenvalue weighted by Crippen LogP contribution is 1.99. The normalized spacial score (nSPS) is 16.2. The van der Waals surface area contributed by atoms with Crippen LogP contribution < -0.4 is 0 Å². The molecule has 0 aliphatic carbocycles. The Morgan fingerprint density at radius 1 is 1.78 bits per heavy atom. The molecule has 0 bridgehead atoms. The van der Waals surface area contributed by atoms with Gasteiger partial charge >= 0.3 is 0 Å². The molecule has 0 aromatic carbocycles. The molecule has 0 rings (SSSR count). The lowest BCUT2D eigenvalue weighted by Gasteiger charge is -2.13. The molecule has 0 fully saturated rings. The molecule has 2 unspecified atom stereocenters. The van der Waals surface area contributed by atoms with Crippen molar-refractivity contribution < 1.29 is 9.84 Å². The summed E-state index contributed by atoms with van der Waals surface area (Å²) in [6, 6.07) is 0. The lowest BCUT2D eigenvalue weighted by molar-refractivity contribution is 0.00284. The van der Waals surface area contributed by atoms with Crippen molar-refractivity contribution in [3.8, 4) is 12.3 Å². The van der Waals surface area contributed by atoms with Gasteiger partial charge in [-0.2, -0.15) is 0 Å². The Bertz CT molecular complexity index is 104. The smallest absolute Gasteiger partial charge is 0.0907 e. The maximum absolute atomic E-state index is 9.05. The molecule has 0 saturated heterocycles. The standard InChI is InChI=1S/C7H12O2/c1-4-5-7(8)6(2)9-3/h1,6-8H,5H2,2-3H3. The molecule has 0 aromatic rings. The summed E-state index contributed by atoms with van der Waals surface area (Å²) in [5, 5.41) is 9.05. The summed E-state index contributed by atoms with van der Waals surface area (Å²) in [4.78, 5) is 0. The van der Waals surface area contributed by atoms with Crippen molar-refractivity contribution in [3.63, 3.8) is 0 Å². The molecular weight excluding hydrogens is 116 g/mol. The number of aliphatic hydroxyl groups excluding tert-OH is 1. The molecule has 0 aromatic heterocycles. The van der Waals surface area contributed by atoms with Crippen LogP contribution in [0, 0.1) is 12.3 Å². The van der Waals surface area contributed by atoms with Crippen LogP contribution >= 0.6 is 0 Å². The fourth-order valence-corrected chi connectivity index (χ4v) is 0.444. The van der Waals surface area contributed by atoms with E-state index in [2.05, 4.69) is 5.92 Å². The summed E-state index contributed by atoms with van der Waals surface area (Å²) < 4.78 is 4.82. The predicted molar refractivity (Wildman–Crippen MR) is 35.9 cm³/mol. The van der Waals surface area contributed by atoms with E-state index in [0.717, 1.165) is 0 Å². The average molecular weight is 128 g/mol. The molecule has 52 valence electrons. The van der Waals surface area contributed by atoms with Crippen LogP contribution in [-0.2, 0) is 4.74 Å². The van der Waals surface area contributed by atoms with Crippen LogP contribution in [0.25, 0.3) is 0 Å². The second-order valence-corrected chi connectivity index (χ2v) is 1.92. The Morgan fingerprint density at radius 2 is 2.33 bits per heavy atom. The Morgan fingerprint density at radius 3 is 2.67 bits per heavy atom. The zero-order valence-corrected chi connectivity index (χ0v) is 5.79. The van der Waals surface area contributed by atoms with Crippen LogP contribution in [0.1, 0.15) is 13.3 Å². The van der Waals surface area contributed by atoms with Crippen molar-refractivity contribution in [3.05, 3.63) is 0 Å². The van der Waals surface area contributed by atoms with Crippen molar-refractivity contribution in [2.75, 3.05) is 7.11 Å². The lowest BCUT2D eigenvalue weighted by atomic mass is 10.2. The summed E-state index contributed by atoms with van der Waals surface area (Å²) in [6.45, 7) is 1.78. The third kappa shape index (κ3) is 3.12. The molecule has 2 heteroatoms. The van der Waals surface area contributed by atoms with Gasteiger partial charge < -0.3 is 9.84 Å². The van der Waals surface area contributed by atoms with Crippen LogP contribution in [0.2, 0.25) is 0 Å². The topological polar surface area (TPSA) is 29.5 Å². The fourth-order valence-electron chi connectivity index (χ4n) is 0.444.